The average molecular weight is 493 g/mol. The molecule has 3 aromatic rings. The number of hydrogen-bond acceptors (Lipinski definition) is 3. The molecule has 2 N–H and O–H groups in total. The lowest BCUT2D eigenvalue weighted by Gasteiger charge is -2.13. The lowest BCUT2D eigenvalue weighted by atomic mass is 10.1. The molecule has 1 saturated heterocycles. The first-order valence-electron chi connectivity index (χ1n) is 10.1. The molecule has 4 rings (SSSR count). The van der Waals surface area contributed by atoms with Gasteiger partial charge in [0.25, 0.3) is 5.91 Å². The van der Waals surface area contributed by atoms with Crippen molar-refractivity contribution >= 4 is 45.5 Å². The summed E-state index contributed by atoms with van der Waals surface area (Å²) in [5, 5.41) is 5.35. The maximum absolute atomic E-state index is 12.8. The first-order valence-corrected chi connectivity index (χ1v) is 10.9. The summed E-state index contributed by atoms with van der Waals surface area (Å²) in [7, 11) is 0. The van der Waals surface area contributed by atoms with Crippen molar-refractivity contribution in [3.63, 3.8) is 0 Å². The van der Waals surface area contributed by atoms with E-state index in [1.165, 1.54) is 0 Å². The zero-order valence-electron chi connectivity index (χ0n) is 17.3. The fourth-order valence-corrected chi connectivity index (χ4v) is 3.76. The number of aryl methyl sites for hydroxylation is 1. The molecule has 0 saturated carbocycles. The number of carbonyl (C=O) groups excluding carboxylic acids is 3. The number of hydrogen-bond donors (Lipinski definition) is 2. The van der Waals surface area contributed by atoms with Gasteiger partial charge in [0.1, 0.15) is 12.2 Å². The average Bonchev–Trinajstić information content (AvgIpc) is 3.35. The number of amides is 4. The lowest BCUT2D eigenvalue weighted by molar-refractivity contribution is -0.127. The molecule has 0 atom stereocenters. The highest BCUT2D eigenvalue weighted by Crippen LogP contribution is 2.20. The first kappa shape index (κ1) is 21.6. The van der Waals surface area contributed by atoms with E-state index in [-0.39, 0.29) is 12.2 Å². The van der Waals surface area contributed by atoms with E-state index in [0.29, 0.717) is 5.69 Å². The third-order valence-electron chi connectivity index (χ3n) is 5.11. The Morgan fingerprint density at radius 2 is 1.81 bits per heavy atom. The molecule has 162 valence electrons. The van der Waals surface area contributed by atoms with Crippen LogP contribution in [-0.4, -0.2) is 33.9 Å². The number of urea groups is 1. The molecule has 32 heavy (non-hydrogen) atoms. The molecular formula is C24H21BrN4O3. The van der Waals surface area contributed by atoms with Crippen molar-refractivity contribution in [3.8, 4) is 5.69 Å². The van der Waals surface area contributed by atoms with Crippen LogP contribution in [0.5, 0.6) is 0 Å². The minimum absolute atomic E-state index is 0.119. The maximum Gasteiger partial charge on any atom is 0.329 e. The van der Waals surface area contributed by atoms with Gasteiger partial charge in [-0.15, -0.1) is 0 Å². The number of carbonyl (C=O) groups is 3. The van der Waals surface area contributed by atoms with Gasteiger partial charge in [-0.3, -0.25) is 9.59 Å². The third kappa shape index (κ3) is 4.50. The molecule has 1 aliphatic heterocycles. The standard InChI is InChI=1S/C24H21BrN4O3/c1-2-16-6-3-4-8-20(16)26-22(30)15-29-23(31)21(27-24(29)32)14-19-7-5-13-28(19)18-11-9-17(25)10-12-18/h3-14H,2,15H2,1H3,(H,26,30)(H,27,32)/b21-14+. The first-order chi connectivity index (χ1) is 15.5. The predicted molar refractivity (Wildman–Crippen MR) is 126 cm³/mol. The highest BCUT2D eigenvalue weighted by Gasteiger charge is 2.35. The van der Waals surface area contributed by atoms with Crippen molar-refractivity contribution in [2.45, 2.75) is 13.3 Å². The smallest absolute Gasteiger partial charge is 0.324 e. The molecule has 0 aliphatic carbocycles. The summed E-state index contributed by atoms with van der Waals surface area (Å²) in [4.78, 5) is 38.6. The monoisotopic (exact) mass is 492 g/mol. The number of nitrogens with zero attached hydrogens (tertiary/aromatic N) is 2. The van der Waals surface area contributed by atoms with Crippen LogP contribution in [0.25, 0.3) is 11.8 Å². The molecule has 0 bridgehead atoms. The summed E-state index contributed by atoms with van der Waals surface area (Å²) in [5.41, 5.74) is 3.41. The molecule has 7 nitrogen and oxygen atoms in total. The van der Waals surface area contributed by atoms with E-state index in [4.69, 9.17) is 0 Å². The van der Waals surface area contributed by atoms with Gasteiger partial charge in [0.15, 0.2) is 0 Å². The van der Waals surface area contributed by atoms with E-state index in [1.54, 1.807) is 12.1 Å². The van der Waals surface area contributed by atoms with Crippen molar-refractivity contribution in [1.82, 2.24) is 14.8 Å². The number of para-hydroxylation sites is 1. The van der Waals surface area contributed by atoms with Crippen LogP contribution in [0.4, 0.5) is 10.5 Å². The largest absolute Gasteiger partial charge is 0.329 e. The van der Waals surface area contributed by atoms with Crippen LogP contribution in [0.3, 0.4) is 0 Å². The highest BCUT2D eigenvalue weighted by atomic mass is 79.9. The molecule has 1 fully saturated rings. The molecule has 8 heteroatoms. The summed E-state index contributed by atoms with van der Waals surface area (Å²) in [6.45, 7) is 1.62. The molecule has 0 spiro atoms. The van der Waals surface area contributed by atoms with Gasteiger partial charge in [-0.2, -0.15) is 0 Å². The van der Waals surface area contributed by atoms with Gasteiger partial charge < -0.3 is 15.2 Å². The van der Waals surface area contributed by atoms with Crippen molar-refractivity contribution in [1.29, 1.82) is 0 Å². The lowest BCUT2D eigenvalue weighted by Crippen LogP contribution is -2.38. The van der Waals surface area contributed by atoms with Gasteiger partial charge in [-0.25, -0.2) is 9.69 Å². The zero-order chi connectivity index (χ0) is 22.7. The van der Waals surface area contributed by atoms with E-state index in [1.807, 2.05) is 72.3 Å². The van der Waals surface area contributed by atoms with Gasteiger partial charge in [0.05, 0.1) is 0 Å². The quantitative estimate of drug-likeness (QED) is 0.396. The van der Waals surface area contributed by atoms with Crippen molar-refractivity contribution < 1.29 is 14.4 Å². The normalized spacial score (nSPS) is 14.7. The Hall–Kier alpha value is -3.65. The van der Waals surface area contributed by atoms with Gasteiger partial charge in [0, 0.05) is 27.7 Å². The predicted octanol–water partition coefficient (Wildman–Crippen LogP) is 4.33. The van der Waals surface area contributed by atoms with Gasteiger partial charge in [-0.05, 0) is 60.5 Å². The fourth-order valence-electron chi connectivity index (χ4n) is 3.50. The van der Waals surface area contributed by atoms with Crippen LogP contribution >= 0.6 is 15.9 Å². The van der Waals surface area contributed by atoms with Crippen LogP contribution in [-0.2, 0) is 16.0 Å². The fraction of sp³-hybridized carbons (Fsp3) is 0.125. The summed E-state index contributed by atoms with van der Waals surface area (Å²) < 4.78 is 2.86. The Labute approximate surface area is 193 Å². The SMILES string of the molecule is CCc1ccccc1NC(=O)CN1C(=O)N/C(=C/c2cccn2-c2ccc(Br)cc2)C1=O. The number of rotatable bonds is 6. The second-order valence-electron chi connectivity index (χ2n) is 7.22. The molecule has 0 unspecified atom stereocenters. The van der Waals surface area contributed by atoms with Crippen molar-refractivity contribution in [2.75, 3.05) is 11.9 Å². The summed E-state index contributed by atoms with van der Waals surface area (Å²) in [5.74, 6) is -0.980. The van der Waals surface area contributed by atoms with Crippen LogP contribution in [0.2, 0.25) is 0 Å². The minimum Gasteiger partial charge on any atom is -0.324 e. The van der Waals surface area contributed by atoms with Crippen molar-refractivity contribution in [3.05, 3.63) is 88.3 Å². The topological polar surface area (TPSA) is 83.4 Å². The Morgan fingerprint density at radius 1 is 1.06 bits per heavy atom. The third-order valence-corrected chi connectivity index (χ3v) is 5.64. The molecule has 1 aromatic heterocycles. The minimum atomic E-state index is -0.623. The Morgan fingerprint density at radius 3 is 2.56 bits per heavy atom. The second kappa shape index (κ2) is 9.23. The van der Waals surface area contributed by atoms with Gasteiger partial charge >= 0.3 is 6.03 Å². The van der Waals surface area contributed by atoms with Crippen LogP contribution in [0.1, 0.15) is 18.2 Å². The van der Waals surface area contributed by atoms with Crippen LogP contribution < -0.4 is 10.6 Å². The van der Waals surface area contributed by atoms with E-state index in [0.717, 1.165) is 32.7 Å². The summed E-state index contributed by atoms with van der Waals surface area (Å²) >= 11 is 3.42. The number of benzene rings is 2. The number of halogens is 1. The van der Waals surface area contributed by atoms with E-state index < -0.39 is 17.8 Å². The summed E-state index contributed by atoms with van der Waals surface area (Å²) in [6.07, 6.45) is 4.23. The maximum atomic E-state index is 12.8. The Bertz CT molecular complexity index is 1210. The second-order valence-corrected chi connectivity index (χ2v) is 8.13. The molecule has 1 aliphatic rings. The molecule has 2 aromatic carbocycles. The highest BCUT2D eigenvalue weighted by molar-refractivity contribution is 9.10. The number of imide groups is 1. The Balaban J connectivity index is 1.50. The van der Waals surface area contributed by atoms with Gasteiger partial charge in [0.2, 0.25) is 5.91 Å². The number of nitrogens with one attached hydrogen (secondary N) is 2. The van der Waals surface area contributed by atoms with Crippen molar-refractivity contribution in [2.24, 2.45) is 0 Å². The molecule has 2 heterocycles. The van der Waals surface area contributed by atoms with Crippen LogP contribution in [0, 0.1) is 0 Å². The molecule has 0 radical (unpaired) electrons. The Kier molecular flexibility index (Phi) is 6.23. The van der Waals surface area contributed by atoms with E-state index in [9.17, 15) is 14.4 Å². The number of aromatic nitrogens is 1. The molecule has 4 amide bonds. The number of anilines is 1. The van der Waals surface area contributed by atoms with Gasteiger partial charge in [-0.1, -0.05) is 41.1 Å². The molecular weight excluding hydrogens is 472 g/mol. The van der Waals surface area contributed by atoms with Crippen LogP contribution in [0.15, 0.2) is 77.0 Å². The van der Waals surface area contributed by atoms with E-state index >= 15 is 0 Å². The van der Waals surface area contributed by atoms with E-state index in [2.05, 4.69) is 26.6 Å². The zero-order valence-corrected chi connectivity index (χ0v) is 18.9. The summed E-state index contributed by atoms with van der Waals surface area (Å²) in [6, 6.07) is 18.2.